The van der Waals surface area contributed by atoms with Gasteiger partial charge in [0.1, 0.15) is 0 Å². The molecule has 1 aliphatic rings. The Labute approximate surface area is 148 Å². The first-order valence-electron chi connectivity index (χ1n) is 8.70. The van der Waals surface area contributed by atoms with Gasteiger partial charge in [0.15, 0.2) is 0 Å². The third kappa shape index (κ3) is 4.27. The molecule has 2 unspecified atom stereocenters. The van der Waals surface area contributed by atoms with Gasteiger partial charge < -0.3 is 10.6 Å². The summed E-state index contributed by atoms with van der Waals surface area (Å²) in [5.41, 5.74) is 4.53. The number of carbonyl (C=O) groups is 2. The van der Waals surface area contributed by atoms with E-state index in [-0.39, 0.29) is 23.7 Å². The van der Waals surface area contributed by atoms with Crippen molar-refractivity contribution in [3.63, 3.8) is 0 Å². The van der Waals surface area contributed by atoms with Crippen LogP contribution in [0.5, 0.6) is 0 Å². The second-order valence-electron chi connectivity index (χ2n) is 6.74. The molecule has 2 aromatic rings. The molecule has 0 spiro atoms. The third-order valence-corrected chi connectivity index (χ3v) is 4.89. The van der Waals surface area contributed by atoms with E-state index in [0.29, 0.717) is 19.5 Å². The van der Waals surface area contributed by atoms with Gasteiger partial charge in [0.25, 0.3) is 0 Å². The normalized spacial score (nSPS) is 18.5. The Morgan fingerprint density at radius 3 is 1.60 bits per heavy atom. The Morgan fingerprint density at radius 1 is 0.800 bits per heavy atom. The number of benzene rings is 2. The van der Waals surface area contributed by atoms with E-state index in [9.17, 15) is 9.59 Å². The van der Waals surface area contributed by atoms with Crippen molar-refractivity contribution in [3.05, 3.63) is 70.8 Å². The first-order chi connectivity index (χ1) is 12.1. The van der Waals surface area contributed by atoms with Gasteiger partial charge in [-0.15, -0.1) is 0 Å². The largest absolute Gasteiger partial charge is 0.352 e. The molecule has 0 saturated heterocycles. The van der Waals surface area contributed by atoms with E-state index in [4.69, 9.17) is 0 Å². The molecule has 0 bridgehead atoms. The van der Waals surface area contributed by atoms with Gasteiger partial charge in [0.05, 0.1) is 11.8 Å². The van der Waals surface area contributed by atoms with E-state index < -0.39 is 0 Å². The van der Waals surface area contributed by atoms with Gasteiger partial charge >= 0.3 is 0 Å². The maximum atomic E-state index is 12.2. The van der Waals surface area contributed by atoms with E-state index in [1.165, 1.54) is 0 Å². The molecular formula is C21H24N2O2. The average molecular weight is 336 g/mol. The molecule has 4 heteroatoms. The van der Waals surface area contributed by atoms with Crippen molar-refractivity contribution in [1.82, 2.24) is 10.6 Å². The Kier molecular flexibility index (Phi) is 5.17. The highest BCUT2D eigenvalue weighted by molar-refractivity contribution is 5.92. The Bertz CT molecular complexity index is 719. The fourth-order valence-corrected chi connectivity index (χ4v) is 3.02. The molecule has 2 atom stereocenters. The van der Waals surface area contributed by atoms with E-state index in [1.807, 2.05) is 62.4 Å². The summed E-state index contributed by atoms with van der Waals surface area (Å²) in [6, 6.07) is 16.0. The van der Waals surface area contributed by atoms with Crippen LogP contribution >= 0.6 is 0 Å². The molecule has 3 rings (SSSR count). The number of carbonyl (C=O) groups excluding carboxylic acids is 2. The zero-order valence-electron chi connectivity index (χ0n) is 14.7. The number of hydrogen-bond donors (Lipinski definition) is 2. The molecule has 0 aromatic heterocycles. The molecule has 4 nitrogen and oxygen atoms in total. The SMILES string of the molecule is Cc1ccccc1CNC(=O)C1CC1C(=O)NCc1ccccc1C. The van der Waals surface area contributed by atoms with Crippen LogP contribution in [0.4, 0.5) is 0 Å². The number of hydrogen-bond acceptors (Lipinski definition) is 2. The molecule has 2 amide bonds. The van der Waals surface area contributed by atoms with Crippen LogP contribution in [0.15, 0.2) is 48.5 Å². The highest BCUT2D eigenvalue weighted by atomic mass is 16.2. The van der Waals surface area contributed by atoms with Crippen molar-refractivity contribution in [3.8, 4) is 0 Å². The number of nitrogens with one attached hydrogen (secondary N) is 2. The van der Waals surface area contributed by atoms with Crippen LogP contribution in [0.3, 0.4) is 0 Å². The fourth-order valence-electron chi connectivity index (χ4n) is 3.02. The first kappa shape index (κ1) is 17.2. The van der Waals surface area contributed by atoms with Crippen LogP contribution in [-0.4, -0.2) is 11.8 Å². The second-order valence-corrected chi connectivity index (χ2v) is 6.74. The zero-order chi connectivity index (χ0) is 17.8. The topological polar surface area (TPSA) is 58.2 Å². The van der Waals surface area contributed by atoms with Crippen LogP contribution < -0.4 is 10.6 Å². The van der Waals surface area contributed by atoms with Gasteiger partial charge in [-0.05, 0) is 42.5 Å². The summed E-state index contributed by atoms with van der Waals surface area (Å²) in [6.07, 6.45) is 0.638. The fraction of sp³-hybridized carbons (Fsp3) is 0.333. The highest BCUT2D eigenvalue weighted by Crippen LogP contribution is 2.38. The van der Waals surface area contributed by atoms with Crippen molar-refractivity contribution >= 4 is 11.8 Å². The predicted octanol–water partition coefficient (Wildman–Crippen LogP) is 2.87. The van der Waals surface area contributed by atoms with Crippen LogP contribution in [0.25, 0.3) is 0 Å². The number of rotatable bonds is 6. The molecule has 0 heterocycles. The molecule has 1 fully saturated rings. The monoisotopic (exact) mass is 336 g/mol. The number of amides is 2. The standard InChI is InChI=1S/C21H24N2O2/c1-14-7-3-5-9-16(14)12-22-20(24)18-11-19(18)21(25)23-13-17-10-6-4-8-15(17)2/h3-10,18-19H,11-13H2,1-2H3,(H,22,24)(H,23,25). The summed E-state index contributed by atoms with van der Waals surface area (Å²) >= 11 is 0. The Morgan fingerprint density at radius 2 is 1.20 bits per heavy atom. The summed E-state index contributed by atoms with van der Waals surface area (Å²) < 4.78 is 0. The Balaban J connectivity index is 1.45. The predicted molar refractivity (Wildman–Crippen MR) is 97.6 cm³/mol. The molecule has 2 N–H and O–H groups in total. The lowest BCUT2D eigenvalue weighted by Crippen LogP contribution is -2.30. The van der Waals surface area contributed by atoms with Crippen LogP contribution in [0, 0.1) is 25.7 Å². The molecule has 0 radical (unpaired) electrons. The smallest absolute Gasteiger partial charge is 0.224 e. The maximum absolute atomic E-state index is 12.2. The van der Waals surface area contributed by atoms with Crippen molar-refractivity contribution < 1.29 is 9.59 Å². The van der Waals surface area contributed by atoms with Gasteiger partial charge in [-0.1, -0.05) is 48.5 Å². The maximum Gasteiger partial charge on any atom is 0.224 e. The van der Waals surface area contributed by atoms with Crippen LogP contribution in [0.1, 0.15) is 28.7 Å². The minimum Gasteiger partial charge on any atom is -0.352 e. The summed E-state index contributed by atoms with van der Waals surface area (Å²) in [5.74, 6) is -0.444. The quantitative estimate of drug-likeness (QED) is 0.852. The lowest BCUT2D eigenvalue weighted by atomic mass is 10.1. The van der Waals surface area contributed by atoms with Crippen molar-refractivity contribution in [2.24, 2.45) is 11.8 Å². The van der Waals surface area contributed by atoms with Gasteiger partial charge in [0, 0.05) is 13.1 Å². The lowest BCUT2D eigenvalue weighted by Gasteiger charge is -2.09. The molecule has 2 aromatic carbocycles. The molecule has 25 heavy (non-hydrogen) atoms. The highest BCUT2D eigenvalue weighted by Gasteiger charge is 2.47. The van der Waals surface area contributed by atoms with Crippen molar-refractivity contribution in [2.45, 2.75) is 33.4 Å². The second kappa shape index (κ2) is 7.51. The van der Waals surface area contributed by atoms with E-state index in [0.717, 1.165) is 22.3 Å². The van der Waals surface area contributed by atoms with E-state index in [1.54, 1.807) is 0 Å². The molecule has 1 aliphatic carbocycles. The van der Waals surface area contributed by atoms with Gasteiger partial charge in [-0.3, -0.25) is 9.59 Å². The summed E-state index contributed by atoms with van der Waals surface area (Å²) in [7, 11) is 0. The van der Waals surface area contributed by atoms with E-state index >= 15 is 0 Å². The van der Waals surface area contributed by atoms with Crippen LogP contribution in [0.2, 0.25) is 0 Å². The molecular weight excluding hydrogens is 312 g/mol. The lowest BCUT2D eigenvalue weighted by molar-refractivity contribution is -0.127. The van der Waals surface area contributed by atoms with Crippen LogP contribution in [-0.2, 0) is 22.7 Å². The first-order valence-corrected chi connectivity index (χ1v) is 8.70. The number of aryl methyl sites for hydroxylation is 2. The zero-order valence-corrected chi connectivity index (χ0v) is 14.7. The third-order valence-electron chi connectivity index (χ3n) is 4.89. The molecule has 1 saturated carbocycles. The van der Waals surface area contributed by atoms with Crippen molar-refractivity contribution in [2.75, 3.05) is 0 Å². The minimum atomic E-state index is -0.194. The van der Waals surface area contributed by atoms with Gasteiger partial charge in [-0.25, -0.2) is 0 Å². The van der Waals surface area contributed by atoms with Crippen molar-refractivity contribution in [1.29, 1.82) is 0 Å². The summed E-state index contributed by atoms with van der Waals surface area (Å²) in [5, 5.41) is 5.90. The van der Waals surface area contributed by atoms with E-state index in [2.05, 4.69) is 10.6 Å². The molecule has 0 aliphatic heterocycles. The van der Waals surface area contributed by atoms with Gasteiger partial charge in [0.2, 0.25) is 11.8 Å². The average Bonchev–Trinajstić information content (AvgIpc) is 3.41. The summed E-state index contributed by atoms with van der Waals surface area (Å²) in [6.45, 7) is 5.08. The van der Waals surface area contributed by atoms with Gasteiger partial charge in [-0.2, -0.15) is 0 Å². The minimum absolute atomic E-state index is 0.0284. The summed E-state index contributed by atoms with van der Waals surface area (Å²) in [4.78, 5) is 24.5. The Hall–Kier alpha value is -2.62. The molecule has 130 valence electrons.